The van der Waals surface area contributed by atoms with E-state index >= 15 is 0 Å². The number of carbonyl (C=O) groups is 1. The van der Waals surface area contributed by atoms with E-state index in [9.17, 15) is 4.79 Å². The maximum Gasteiger partial charge on any atom is 0.230 e. The van der Waals surface area contributed by atoms with E-state index in [1.165, 1.54) is 9.13 Å². The van der Waals surface area contributed by atoms with Crippen LogP contribution in [0.4, 0.5) is 0 Å². The van der Waals surface area contributed by atoms with Crippen LogP contribution in [0.25, 0.3) is 0 Å². The molecule has 1 aromatic rings. The van der Waals surface area contributed by atoms with E-state index in [1.54, 1.807) is 0 Å². The molecule has 90 valence electrons. The monoisotopic (exact) mass is 341 g/mol. The third-order valence-corrected chi connectivity index (χ3v) is 4.15. The number of nitrogens with one attached hydrogen (secondary N) is 1. The highest BCUT2D eigenvalue weighted by Crippen LogP contribution is 2.49. The van der Waals surface area contributed by atoms with Crippen LogP contribution >= 0.6 is 22.6 Å². The molecule has 1 amide bonds. The SMILES string of the molecule is C=CCCNC(=O)C1(c2ccccc2I)CC1. The van der Waals surface area contributed by atoms with E-state index < -0.39 is 0 Å². The summed E-state index contributed by atoms with van der Waals surface area (Å²) < 4.78 is 1.18. The van der Waals surface area contributed by atoms with Gasteiger partial charge in [-0.05, 0) is 53.5 Å². The standard InChI is InChI=1S/C14H16INO/c1-2-3-10-16-13(17)14(8-9-14)11-6-4-5-7-12(11)15/h2,4-7H,1,3,8-10H2,(H,16,17). The molecule has 1 aliphatic carbocycles. The van der Waals surface area contributed by atoms with Gasteiger partial charge in [-0.3, -0.25) is 4.79 Å². The lowest BCUT2D eigenvalue weighted by Gasteiger charge is -2.16. The summed E-state index contributed by atoms with van der Waals surface area (Å²) in [5, 5.41) is 3.00. The van der Waals surface area contributed by atoms with E-state index in [0.29, 0.717) is 6.54 Å². The van der Waals surface area contributed by atoms with Crippen LogP contribution < -0.4 is 5.32 Å². The van der Waals surface area contributed by atoms with Crippen molar-refractivity contribution in [2.45, 2.75) is 24.7 Å². The minimum Gasteiger partial charge on any atom is -0.355 e. The van der Waals surface area contributed by atoms with Crippen molar-refractivity contribution in [1.82, 2.24) is 5.32 Å². The Labute approximate surface area is 116 Å². The molecule has 1 N–H and O–H groups in total. The van der Waals surface area contributed by atoms with Crippen LogP contribution in [0, 0.1) is 3.57 Å². The molecule has 1 aliphatic rings. The molecule has 0 bridgehead atoms. The quantitative estimate of drug-likeness (QED) is 0.498. The summed E-state index contributed by atoms with van der Waals surface area (Å²) in [6, 6.07) is 8.15. The zero-order chi connectivity index (χ0) is 12.3. The third-order valence-electron chi connectivity index (χ3n) is 3.21. The molecular formula is C14H16INO. The summed E-state index contributed by atoms with van der Waals surface area (Å²) in [6.07, 6.45) is 4.58. The van der Waals surface area contributed by atoms with Crippen LogP contribution in [0.3, 0.4) is 0 Å². The molecule has 2 nitrogen and oxygen atoms in total. The highest BCUT2D eigenvalue weighted by atomic mass is 127. The Kier molecular flexibility index (Phi) is 3.86. The number of amides is 1. The van der Waals surface area contributed by atoms with Gasteiger partial charge in [0.05, 0.1) is 5.41 Å². The zero-order valence-corrected chi connectivity index (χ0v) is 11.9. The lowest BCUT2D eigenvalue weighted by molar-refractivity contribution is -0.123. The Morgan fingerprint density at radius 1 is 1.47 bits per heavy atom. The first-order chi connectivity index (χ1) is 8.20. The predicted molar refractivity (Wildman–Crippen MR) is 77.9 cm³/mol. The molecule has 0 heterocycles. The molecular weight excluding hydrogens is 325 g/mol. The fourth-order valence-electron chi connectivity index (χ4n) is 2.05. The van der Waals surface area contributed by atoms with Gasteiger partial charge in [0, 0.05) is 10.1 Å². The molecule has 3 heteroatoms. The second-order valence-electron chi connectivity index (χ2n) is 4.40. The molecule has 0 saturated heterocycles. The zero-order valence-electron chi connectivity index (χ0n) is 9.71. The molecule has 0 aliphatic heterocycles. The van der Waals surface area contributed by atoms with Gasteiger partial charge in [0.2, 0.25) is 5.91 Å². The number of halogens is 1. The Hall–Kier alpha value is -0.840. The summed E-state index contributed by atoms with van der Waals surface area (Å²) in [4.78, 5) is 12.2. The van der Waals surface area contributed by atoms with Gasteiger partial charge < -0.3 is 5.32 Å². The average molecular weight is 341 g/mol. The molecule has 17 heavy (non-hydrogen) atoms. The van der Waals surface area contributed by atoms with Gasteiger partial charge in [0.15, 0.2) is 0 Å². The molecule has 0 aromatic heterocycles. The van der Waals surface area contributed by atoms with Crippen LogP contribution in [0.15, 0.2) is 36.9 Å². The Balaban J connectivity index is 2.12. The van der Waals surface area contributed by atoms with Crippen molar-refractivity contribution in [3.63, 3.8) is 0 Å². The molecule has 1 saturated carbocycles. The topological polar surface area (TPSA) is 29.1 Å². The van der Waals surface area contributed by atoms with E-state index in [-0.39, 0.29) is 11.3 Å². The highest BCUT2D eigenvalue weighted by molar-refractivity contribution is 14.1. The van der Waals surface area contributed by atoms with Crippen LogP contribution in [0.5, 0.6) is 0 Å². The van der Waals surface area contributed by atoms with Crippen molar-refractivity contribution in [2.75, 3.05) is 6.54 Å². The van der Waals surface area contributed by atoms with Crippen molar-refractivity contribution in [2.24, 2.45) is 0 Å². The first-order valence-corrected chi connectivity index (χ1v) is 6.93. The summed E-state index contributed by atoms with van der Waals surface area (Å²) in [6.45, 7) is 4.34. The summed E-state index contributed by atoms with van der Waals surface area (Å²) in [5.74, 6) is 0.170. The molecule has 1 aromatic carbocycles. The smallest absolute Gasteiger partial charge is 0.230 e. The molecule has 0 radical (unpaired) electrons. The van der Waals surface area contributed by atoms with Crippen LogP contribution in [0.1, 0.15) is 24.8 Å². The number of hydrogen-bond acceptors (Lipinski definition) is 1. The summed E-state index contributed by atoms with van der Waals surface area (Å²) in [5.41, 5.74) is 0.926. The minimum absolute atomic E-state index is 0.170. The maximum atomic E-state index is 12.2. The van der Waals surface area contributed by atoms with E-state index in [0.717, 1.165) is 19.3 Å². The van der Waals surface area contributed by atoms with Gasteiger partial charge in [-0.25, -0.2) is 0 Å². The Morgan fingerprint density at radius 2 is 2.18 bits per heavy atom. The fourth-order valence-corrected chi connectivity index (χ4v) is 2.95. The van der Waals surface area contributed by atoms with E-state index in [2.05, 4.69) is 46.6 Å². The number of benzene rings is 1. The van der Waals surface area contributed by atoms with Crippen molar-refractivity contribution >= 4 is 28.5 Å². The largest absolute Gasteiger partial charge is 0.355 e. The Morgan fingerprint density at radius 3 is 2.76 bits per heavy atom. The first-order valence-electron chi connectivity index (χ1n) is 5.85. The normalized spacial score (nSPS) is 16.3. The Bertz CT molecular complexity index is 438. The third kappa shape index (κ3) is 2.54. The van der Waals surface area contributed by atoms with Crippen LogP contribution in [0.2, 0.25) is 0 Å². The van der Waals surface area contributed by atoms with Gasteiger partial charge in [0.1, 0.15) is 0 Å². The van der Waals surface area contributed by atoms with Crippen LogP contribution in [-0.2, 0) is 10.2 Å². The molecule has 2 rings (SSSR count). The van der Waals surface area contributed by atoms with Crippen molar-refractivity contribution in [3.8, 4) is 0 Å². The number of hydrogen-bond donors (Lipinski definition) is 1. The van der Waals surface area contributed by atoms with Crippen molar-refractivity contribution in [3.05, 3.63) is 46.1 Å². The van der Waals surface area contributed by atoms with Crippen molar-refractivity contribution < 1.29 is 4.79 Å². The lowest BCUT2D eigenvalue weighted by atomic mass is 9.95. The number of carbonyl (C=O) groups excluding carboxylic acids is 1. The van der Waals surface area contributed by atoms with Gasteiger partial charge in [-0.15, -0.1) is 6.58 Å². The molecule has 0 spiro atoms. The van der Waals surface area contributed by atoms with E-state index in [4.69, 9.17) is 0 Å². The second kappa shape index (κ2) is 5.21. The summed E-state index contributed by atoms with van der Waals surface area (Å²) in [7, 11) is 0. The molecule has 1 fully saturated rings. The van der Waals surface area contributed by atoms with Crippen molar-refractivity contribution in [1.29, 1.82) is 0 Å². The number of rotatable bonds is 5. The predicted octanol–water partition coefficient (Wildman–Crippen LogP) is 3.02. The van der Waals surface area contributed by atoms with Gasteiger partial charge in [-0.2, -0.15) is 0 Å². The molecule has 0 atom stereocenters. The van der Waals surface area contributed by atoms with Gasteiger partial charge in [0.25, 0.3) is 0 Å². The maximum absolute atomic E-state index is 12.2. The van der Waals surface area contributed by atoms with Gasteiger partial charge in [-0.1, -0.05) is 24.3 Å². The fraction of sp³-hybridized carbons (Fsp3) is 0.357. The van der Waals surface area contributed by atoms with Crippen LogP contribution in [-0.4, -0.2) is 12.5 Å². The average Bonchev–Trinajstić information content (AvgIpc) is 3.11. The minimum atomic E-state index is -0.251. The van der Waals surface area contributed by atoms with E-state index in [1.807, 2.05) is 18.2 Å². The van der Waals surface area contributed by atoms with Gasteiger partial charge >= 0.3 is 0 Å². The highest BCUT2D eigenvalue weighted by Gasteiger charge is 2.51. The lowest BCUT2D eigenvalue weighted by Crippen LogP contribution is -2.35. The summed E-state index contributed by atoms with van der Waals surface area (Å²) >= 11 is 2.31. The molecule has 0 unspecified atom stereocenters. The second-order valence-corrected chi connectivity index (χ2v) is 5.56. The first kappa shape index (κ1) is 12.6.